The van der Waals surface area contributed by atoms with Gasteiger partial charge in [-0.25, -0.2) is 9.69 Å². The van der Waals surface area contributed by atoms with Crippen LogP contribution >= 0.6 is 0 Å². The first-order chi connectivity index (χ1) is 10.6. The van der Waals surface area contributed by atoms with Gasteiger partial charge in [0.05, 0.1) is 5.69 Å². The fraction of sp³-hybridized carbons (Fsp3) is 0.556. The highest BCUT2D eigenvalue weighted by molar-refractivity contribution is 6.21. The van der Waals surface area contributed by atoms with Crippen LogP contribution in [0.2, 0.25) is 0 Å². The van der Waals surface area contributed by atoms with E-state index in [4.69, 9.17) is 0 Å². The van der Waals surface area contributed by atoms with Crippen molar-refractivity contribution in [2.24, 2.45) is 5.92 Å². The van der Waals surface area contributed by atoms with Gasteiger partial charge in [-0.05, 0) is 24.5 Å². The standard InChI is InChI=1S/C18H26N2O2/c1-4-6-10-13-19-16(14(3)5-2)17(21)20(18(19)22)15-11-8-7-9-12-15/h7-9,11-12,14,16H,4-6,10,13H2,1-3H3/t14-,16-/m0/s1. The molecule has 0 aromatic heterocycles. The molecule has 22 heavy (non-hydrogen) atoms. The fourth-order valence-corrected chi connectivity index (χ4v) is 2.96. The van der Waals surface area contributed by atoms with Crippen molar-refractivity contribution in [3.8, 4) is 0 Å². The summed E-state index contributed by atoms with van der Waals surface area (Å²) in [4.78, 5) is 28.7. The predicted molar refractivity (Wildman–Crippen MR) is 88.8 cm³/mol. The first kappa shape index (κ1) is 16.5. The van der Waals surface area contributed by atoms with Crippen LogP contribution in [0, 0.1) is 5.92 Å². The zero-order valence-electron chi connectivity index (χ0n) is 13.8. The van der Waals surface area contributed by atoms with Gasteiger partial charge in [-0.1, -0.05) is 58.2 Å². The summed E-state index contributed by atoms with van der Waals surface area (Å²) in [7, 11) is 0. The molecule has 3 amide bonds. The molecule has 1 fully saturated rings. The summed E-state index contributed by atoms with van der Waals surface area (Å²) in [6, 6.07) is 8.74. The van der Waals surface area contributed by atoms with Crippen molar-refractivity contribution in [2.45, 2.75) is 52.5 Å². The van der Waals surface area contributed by atoms with Crippen LogP contribution in [0.3, 0.4) is 0 Å². The van der Waals surface area contributed by atoms with Crippen molar-refractivity contribution >= 4 is 17.6 Å². The molecule has 2 atom stereocenters. The van der Waals surface area contributed by atoms with E-state index in [-0.39, 0.29) is 23.9 Å². The number of hydrogen-bond acceptors (Lipinski definition) is 2. The molecule has 1 aromatic rings. The third kappa shape index (κ3) is 3.16. The monoisotopic (exact) mass is 302 g/mol. The van der Waals surface area contributed by atoms with Crippen LogP contribution in [-0.4, -0.2) is 29.4 Å². The highest BCUT2D eigenvalue weighted by Crippen LogP contribution is 2.30. The molecule has 0 N–H and O–H groups in total. The van der Waals surface area contributed by atoms with Gasteiger partial charge in [-0.3, -0.25) is 4.79 Å². The average molecular weight is 302 g/mol. The number of unbranched alkanes of at least 4 members (excludes halogenated alkanes) is 2. The molecule has 4 heteroatoms. The number of carbonyl (C=O) groups excluding carboxylic acids is 2. The molecule has 1 saturated heterocycles. The lowest BCUT2D eigenvalue weighted by Crippen LogP contribution is -2.40. The molecule has 1 aliphatic rings. The molecule has 0 unspecified atom stereocenters. The minimum absolute atomic E-state index is 0.0814. The van der Waals surface area contributed by atoms with E-state index in [1.165, 1.54) is 4.90 Å². The van der Waals surface area contributed by atoms with Gasteiger partial charge in [0.25, 0.3) is 5.91 Å². The fourth-order valence-electron chi connectivity index (χ4n) is 2.96. The Hall–Kier alpha value is -1.84. The Balaban J connectivity index is 2.27. The van der Waals surface area contributed by atoms with Crippen LogP contribution in [0.1, 0.15) is 46.5 Å². The Morgan fingerprint density at radius 2 is 1.77 bits per heavy atom. The molecule has 0 spiro atoms. The second kappa shape index (κ2) is 7.43. The number of carbonyl (C=O) groups is 2. The number of amides is 3. The summed E-state index contributed by atoms with van der Waals surface area (Å²) >= 11 is 0. The normalized spacial score (nSPS) is 19.9. The summed E-state index contributed by atoms with van der Waals surface area (Å²) in [6.45, 7) is 6.92. The molecule has 0 saturated carbocycles. The molecule has 2 rings (SSSR count). The first-order valence-corrected chi connectivity index (χ1v) is 8.31. The number of rotatable bonds is 7. The highest BCUT2D eigenvalue weighted by Gasteiger charge is 2.47. The van der Waals surface area contributed by atoms with Gasteiger partial charge in [0, 0.05) is 6.54 Å². The summed E-state index contributed by atoms with van der Waals surface area (Å²) < 4.78 is 0. The number of imide groups is 1. The van der Waals surface area contributed by atoms with Crippen molar-refractivity contribution < 1.29 is 9.59 Å². The molecule has 120 valence electrons. The minimum Gasteiger partial charge on any atom is -0.312 e. The van der Waals surface area contributed by atoms with E-state index in [1.807, 2.05) is 30.3 Å². The van der Waals surface area contributed by atoms with E-state index in [1.54, 1.807) is 4.90 Å². The van der Waals surface area contributed by atoms with Crippen LogP contribution in [0.4, 0.5) is 10.5 Å². The number of nitrogens with zero attached hydrogens (tertiary/aromatic N) is 2. The molecule has 4 nitrogen and oxygen atoms in total. The van der Waals surface area contributed by atoms with E-state index in [0.717, 1.165) is 25.7 Å². The van der Waals surface area contributed by atoms with E-state index in [9.17, 15) is 9.59 Å². The zero-order valence-corrected chi connectivity index (χ0v) is 13.8. The third-order valence-electron chi connectivity index (χ3n) is 4.45. The van der Waals surface area contributed by atoms with Gasteiger partial charge in [0.15, 0.2) is 0 Å². The van der Waals surface area contributed by atoms with E-state index >= 15 is 0 Å². The Kier molecular flexibility index (Phi) is 5.58. The average Bonchev–Trinajstić information content (AvgIpc) is 2.78. The van der Waals surface area contributed by atoms with Gasteiger partial charge in [-0.15, -0.1) is 0 Å². The topological polar surface area (TPSA) is 40.6 Å². The Labute approximate surface area is 133 Å². The summed E-state index contributed by atoms with van der Waals surface area (Å²) in [5.74, 6) is 0.0915. The molecule has 0 aliphatic carbocycles. The molecule has 1 aromatic carbocycles. The zero-order chi connectivity index (χ0) is 16.1. The Bertz CT molecular complexity index is 515. The number of hydrogen-bond donors (Lipinski definition) is 0. The van der Waals surface area contributed by atoms with Crippen molar-refractivity contribution in [3.05, 3.63) is 30.3 Å². The van der Waals surface area contributed by atoms with E-state index in [0.29, 0.717) is 12.2 Å². The predicted octanol–water partition coefficient (Wildman–Crippen LogP) is 4.06. The van der Waals surface area contributed by atoms with Gasteiger partial charge in [-0.2, -0.15) is 0 Å². The molecule has 0 radical (unpaired) electrons. The van der Waals surface area contributed by atoms with Gasteiger partial charge >= 0.3 is 6.03 Å². The summed E-state index contributed by atoms with van der Waals surface area (Å²) in [5, 5.41) is 0. The van der Waals surface area contributed by atoms with Gasteiger partial charge in [0.2, 0.25) is 0 Å². The molecule has 1 aliphatic heterocycles. The highest BCUT2D eigenvalue weighted by atomic mass is 16.2. The number of benzene rings is 1. The number of urea groups is 1. The molecular weight excluding hydrogens is 276 g/mol. The maximum atomic E-state index is 12.8. The second-order valence-electron chi connectivity index (χ2n) is 6.02. The maximum Gasteiger partial charge on any atom is 0.332 e. The smallest absolute Gasteiger partial charge is 0.312 e. The Morgan fingerprint density at radius 3 is 2.36 bits per heavy atom. The quantitative estimate of drug-likeness (QED) is 0.563. The lowest BCUT2D eigenvalue weighted by Gasteiger charge is -2.25. The van der Waals surface area contributed by atoms with Crippen molar-refractivity contribution in [1.29, 1.82) is 0 Å². The number of anilines is 1. The largest absolute Gasteiger partial charge is 0.332 e. The summed E-state index contributed by atoms with van der Waals surface area (Å²) in [5.41, 5.74) is 0.670. The van der Waals surface area contributed by atoms with Crippen LogP contribution < -0.4 is 4.90 Å². The van der Waals surface area contributed by atoms with Crippen molar-refractivity contribution in [2.75, 3.05) is 11.4 Å². The lowest BCUT2D eigenvalue weighted by atomic mass is 9.97. The first-order valence-electron chi connectivity index (χ1n) is 8.31. The minimum atomic E-state index is -0.324. The van der Waals surface area contributed by atoms with Gasteiger partial charge in [0.1, 0.15) is 6.04 Å². The van der Waals surface area contributed by atoms with Crippen LogP contribution in [0.5, 0.6) is 0 Å². The maximum absolute atomic E-state index is 12.8. The molecular formula is C18H26N2O2. The van der Waals surface area contributed by atoms with Crippen molar-refractivity contribution in [3.63, 3.8) is 0 Å². The Morgan fingerprint density at radius 1 is 1.09 bits per heavy atom. The van der Waals surface area contributed by atoms with Crippen LogP contribution in [0.25, 0.3) is 0 Å². The number of para-hydroxylation sites is 1. The lowest BCUT2D eigenvalue weighted by molar-refractivity contribution is -0.121. The molecule has 0 bridgehead atoms. The SMILES string of the molecule is CCCCCN1C(=O)N(c2ccccc2)C(=O)[C@@H]1[C@@H](C)CC. The third-order valence-corrected chi connectivity index (χ3v) is 4.45. The summed E-state index contributed by atoms with van der Waals surface area (Å²) in [6.07, 6.45) is 4.02. The van der Waals surface area contributed by atoms with Crippen molar-refractivity contribution in [1.82, 2.24) is 4.90 Å². The van der Waals surface area contributed by atoms with Crippen LogP contribution in [-0.2, 0) is 4.79 Å². The van der Waals surface area contributed by atoms with Gasteiger partial charge < -0.3 is 4.90 Å². The van der Waals surface area contributed by atoms with Crippen LogP contribution in [0.15, 0.2) is 30.3 Å². The molecule has 1 heterocycles. The second-order valence-corrected chi connectivity index (χ2v) is 6.02. The van der Waals surface area contributed by atoms with E-state index in [2.05, 4.69) is 20.8 Å². The van der Waals surface area contributed by atoms with E-state index < -0.39 is 0 Å².